The maximum atomic E-state index is 12.2. The molecule has 0 fully saturated rings. The summed E-state index contributed by atoms with van der Waals surface area (Å²) in [6.07, 6.45) is 1.47. The molecule has 1 aromatic carbocycles. The van der Waals surface area contributed by atoms with Crippen molar-refractivity contribution in [2.24, 2.45) is 5.92 Å². The van der Waals surface area contributed by atoms with Gasteiger partial charge in [0.25, 0.3) is 5.69 Å². The molecule has 23 heavy (non-hydrogen) atoms. The molecule has 1 aromatic heterocycles. The molecular formula is C15H17N5O3. The molecule has 8 heteroatoms. The molecule has 1 atom stereocenters. The minimum atomic E-state index is -0.959. The number of nitro benzene ring substituents is 1. The van der Waals surface area contributed by atoms with E-state index in [1.54, 1.807) is 13.0 Å². The van der Waals surface area contributed by atoms with Gasteiger partial charge in [0.1, 0.15) is 12.1 Å². The van der Waals surface area contributed by atoms with Crippen molar-refractivity contribution >= 4 is 22.5 Å². The van der Waals surface area contributed by atoms with Gasteiger partial charge in [0.2, 0.25) is 5.91 Å². The quantitative estimate of drug-likeness (QED) is 0.669. The van der Waals surface area contributed by atoms with Crippen LogP contribution in [-0.4, -0.2) is 26.1 Å². The van der Waals surface area contributed by atoms with Gasteiger partial charge in [-0.15, -0.1) is 0 Å². The van der Waals surface area contributed by atoms with Crippen LogP contribution in [0.5, 0.6) is 0 Å². The zero-order valence-electron chi connectivity index (χ0n) is 13.1. The molecule has 1 amide bonds. The fourth-order valence-electron chi connectivity index (χ4n) is 2.08. The monoisotopic (exact) mass is 315 g/mol. The van der Waals surface area contributed by atoms with Crippen LogP contribution < -0.4 is 5.32 Å². The topological polar surface area (TPSA) is 114 Å². The van der Waals surface area contributed by atoms with Gasteiger partial charge >= 0.3 is 0 Å². The Bertz CT molecular complexity index is 805. The third kappa shape index (κ3) is 3.29. The number of benzene rings is 1. The Kier molecular flexibility index (Phi) is 4.31. The van der Waals surface area contributed by atoms with Crippen LogP contribution in [0.2, 0.25) is 0 Å². The SMILES string of the molecule is CC(C)[C@@](C)(C#N)NC(=O)Cn1ncc2cc([N+](=O)[O-])ccc21. The van der Waals surface area contributed by atoms with Crippen molar-refractivity contribution in [1.82, 2.24) is 15.1 Å². The number of carbonyl (C=O) groups excluding carboxylic acids is 1. The fourth-order valence-corrected chi connectivity index (χ4v) is 2.08. The maximum absolute atomic E-state index is 12.2. The van der Waals surface area contributed by atoms with E-state index in [0.717, 1.165) is 0 Å². The van der Waals surface area contributed by atoms with Gasteiger partial charge in [-0.3, -0.25) is 19.6 Å². The molecule has 0 aliphatic carbocycles. The number of non-ortho nitro benzene ring substituents is 1. The number of rotatable bonds is 5. The Labute approximate surface area is 132 Å². The summed E-state index contributed by atoms with van der Waals surface area (Å²) >= 11 is 0. The Hall–Kier alpha value is -2.95. The van der Waals surface area contributed by atoms with Crippen LogP contribution in [-0.2, 0) is 11.3 Å². The molecule has 1 heterocycles. The first-order chi connectivity index (χ1) is 10.8. The van der Waals surface area contributed by atoms with Crippen molar-refractivity contribution in [3.8, 4) is 6.07 Å². The van der Waals surface area contributed by atoms with E-state index in [2.05, 4.69) is 16.5 Å². The first-order valence-corrected chi connectivity index (χ1v) is 7.09. The van der Waals surface area contributed by atoms with Gasteiger partial charge in [-0.1, -0.05) is 13.8 Å². The van der Waals surface area contributed by atoms with E-state index in [1.807, 2.05) is 13.8 Å². The number of nitriles is 1. The highest BCUT2D eigenvalue weighted by Gasteiger charge is 2.30. The molecule has 0 radical (unpaired) electrons. The Morgan fingerprint density at radius 2 is 2.26 bits per heavy atom. The van der Waals surface area contributed by atoms with Crippen molar-refractivity contribution in [1.29, 1.82) is 5.26 Å². The van der Waals surface area contributed by atoms with E-state index in [0.29, 0.717) is 10.9 Å². The minimum absolute atomic E-state index is 0.0293. The predicted octanol–water partition coefficient (Wildman–Crippen LogP) is 2.00. The van der Waals surface area contributed by atoms with Crippen LogP contribution in [0.15, 0.2) is 24.4 Å². The van der Waals surface area contributed by atoms with Gasteiger partial charge in [0, 0.05) is 17.5 Å². The van der Waals surface area contributed by atoms with Crippen LogP contribution in [0.3, 0.4) is 0 Å². The molecule has 2 rings (SSSR count). The number of aromatic nitrogens is 2. The highest BCUT2D eigenvalue weighted by atomic mass is 16.6. The number of carbonyl (C=O) groups is 1. The molecule has 0 unspecified atom stereocenters. The van der Waals surface area contributed by atoms with Crippen LogP contribution >= 0.6 is 0 Å². The molecule has 2 aromatic rings. The number of nitro groups is 1. The number of fused-ring (bicyclic) bond motifs is 1. The van der Waals surface area contributed by atoms with Gasteiger partial charge in [0.15, 0.2) is 0 Å². The third-order valence-electron chi connectivity index (χ3n) is 3.92. The number of amides is 1. The smallest absolute Gasteiger partial charge is 0.270 e. The highest BCUT2D eigenvalue weighted by molar-refractivity contribution is 5.84. The van der Waals surface area contributed by atoms with Gasteiger partial charge < -0.3 is 5.32 Å². The summed E-state index contributed by atoms with van der Waals surface area (Å²) in [6, 6.07) is 6.44. The van der Waals surface area contributed by atoms with Crippen molar-refractivity contribution in [2.75, 3.05) is 0 Å². The Morgan fingerprint density at radius 3 is 2.83 bits per heavy atom. The Balaban J connectivity index is 2.21. The summed E-state index contributed by atoms with van der Waals surface area (Å²) in [5.74, 6) is -0.389. The molecule has 0 saturated heterocycles. The number of nitrogens with zero attached hydrogens (tertiary/aromatic N) is 4. The van der Waals surface area contributed by atoms with Gasteiger partial charge in [-0.2, -0.15) is 10.4 Å². The average molecular weight is 315 g/mol. The summed E-state index contributed by atoms with van der Waals surface area (Å²) < 4.78 is 1.45. The second kappa shape index (κ2) is 6.04. The molecule has 0 aliphatic heterocycles. The van der Waals surface area contributed by atoms with Gasteiger partial charge in [0.05, 0.1) is 22.7 Å². The molecular weight excluding hydrogens is 298 g/mol. The van der Waals surface area contributed by atoms with Crippen molar-refractivity contribution in [3.63, 3.8) is 0 Å². The molecule has 0 bridgehead atoms. The average Bonchev–Trinajstić information content (AvgIpc) is 2.89. The molecule has 0 saturated carbocycles. The lowest BCUT2D eigenvalue weighted by molar-refractivity contribution is -0.384. The first kappa shape index (κ1) is 16.4. The summed E-state index contributed by atoms with van der Waals surface area (Å²) in [7, 11) is 0. The second-order valence-corrected chi connectivity index (χ2v) is 5.82. The van der Waals surface area contributed by atoms with Crippen LogP contribution in [0.25, 0.3) is 10.9 Å². The highest BCUT2D eigenvalue weighted by Crippen LogP contribution is 2.21. The molecule has 120 valence electrons. The van der Waals surface area contributed by atoms with Crippen LogP contribution in [0.4, 0.5) is 5.69 Å². The van der Waals surface area contributed by atoms with Crippen molar-refractivity contribution in [2.45, 2.75) is 32.9 Å². The van der Waals surface area contributed by atoms with E-state index in [1.165, 1.54) is 23.0 Å². The maximum Gasteiger partial charge on any atom is 0.270 e. The Morgan fingerprint density at radius 1 is 1.57 bits per heavy atom. The van der Waals surface area contributed by atoms with E-state index in [-0.39, 0.29) is 24.1 Å². The fraction of sp³-hybridized carbons (Fsp3) is 0.400. The zero-order chi connectivity index (χ0) is 17.2. The normalized spacial score (nSPS) is 13.5. The van der Waals surface area contributed by atoms with E-state index >= 15 is 0 Å². The number of nitrogens with one attached hydrogen (secondary N) is 1. The van der Waals surface area contributed by atoms with E-state index in [9.17, 15) is 20.2 Å². The number of hydrogen-bond donors (Lipinski definition) is 1. The van der Waals surface area contributed by atoms with Crippen LogP contribution in [0.1, 0.15) is 20.8 Å². The van der Waals surface area contributed by atoms with Gasteiger partial charge in [-0.25, -0.2) is 0 Å². The first-order valence-electron chi connectivity index (χ1n) is 7.09. The van der Waals surface area contributed by atoms with Crippen molar-refractivity contribution in [3.05, 3.63) is 34.5 Å². The van der Waals surface area contributed by atoms with E-state index < -0.39 is 10.5 Å². The second-order valence-electron chi connectivity index (χ2n) is 5.82. The van der Waals surface area contributed by atoms with Gasteiger partial charge in [-0.05, 0) is 18.9 Å². The lowest BCUT2D eigenvalue weighted by atomic mass is 9.90. The summed E-state index contributed by atoms with van der Waals surface area (Å²) in [5.41, 5.74) is -0.369. The zero-order valence-corrected chi connectivity index (χ0v) is 13.1. The predicted molar refractivity (Wildman–Crippen MR) is 83.4 cm³/mol. The third-order valence-corrected chi connectivity index (χ3v) is 3.92. The molecule has 0 aliphatic rings. The standard InChI is InChI=1S/C15H17N5O3/c1-10(2)15(3,9-16)18-14(21)8-19-13-5-4-12(20(22)23)6-11(13)7-17-19/h4-7,10H,8H2,1-3H3,(H,18,21)/t15-/m1/s1. The van der Waals surface area contributed by atoms with Crippen molar-refractivity contribution < 1.29 is 9.72 Å². The summed E-state index contributed by atoms with van der Waals surface area (Å²) in [6.45, 7) is 5.31. The molecule has 8 nitrogen and oxygen atoms in total. The molecule has 1 N–H and O–H groups in total. The van der Waals surface area contributed by atoms with Crippen LogP contribution in [0, 0.1) is 27.4 Å². The lowest BCUT2D eigenvalue weighted by Crippen LogP contribution is -2.49. The molecule has 0 spiro atoms. The lowest BCUT2D eigenvalue weighted by Gasteiger charge is -2.27. The minimum Gasteiger partial charge on any atom is -0.336 e. The summed E-state index contributed by atoms with van der Waals surface area (Å²) in [5, 5.41) is 27.4. The largest absolute Gasteiger partial charge is 0.336 e. The summed E-state index contributed by atoms with van der Waals surface area (Å²) in [4.78, 5) is 22.5. The van der Waals surface area contributed by atoms with E-state index in [4.69, 9.17) is 0 Å². The number of hydrogen-bond acceptors (Lipinski definition) is 5.